The highest BCUT2D eigenvalue weighted by Gasteiger charge is 2.07. The van der Waals surface area contributed by atoms with Crippen molar-refractivity contribution < 1.29 is 0 Å². The highest BCUT2D eigenvalue weighted by atomic mass is 15.1. The summed E-state index contributed by atoms with van der Waals surface area (Å²) in [6, 6.07) is 0.499. The molecule has 3 heteroatoms. The maximum atomic E-state index is 4.34. The first-order valence-corrected chi connectivity index (χ1v) is 6.02. The van der Waals surface area contributed by atoms with Crippen LogP contribution in [0.3, 0.4) is 0 Å². The molecule has 0 fully saturated rings. The second-order valence-electron chi connectivity index (χ2n) is 4.01. The van der Waals surface area contributed by atoms with Crippen molar-refractivity contribution in [2.24, 2.45) is 0 Å². The van der Waals surface area contributed by atoms with Gasteiger partial charge < -0.3 is 9.88 Å². The summed E-state index contributed by atoms with van der Waals surface area (Å²) in [7, 11) is 0. The number of unbranched alkanes of at least 4 members (excludes halogenated alkanes) is 1. The topological polar surface area (TPSA) is 29.9 Å². The van der Waals surface area contributed by atoms with E-state index >= 15 is 0 Å². The number of imidazole rings is 1. The van der Waals surface area contributed by atoms with E-state index in [9.17, 15) is 0 Å². The predicted octanol–water partition coefficient (Wildman–Crippen LogP) is 2.40. The van der Waals surface area contributed by atoms with Crippen LogP contribution in [0.25, 0.3) is 0 Å². The van der Waals surface area contributed by atoms with E-state index in [1.54, 1.807) is 0 Å². The second-order valence-corrected chi connectivity index (χ2v) is 4.01. The quantitative estimate of drug-likeness (QED) is 0.699. The van der Waals surface area contributed by atoms with Crippen LogP contribution >= 0.6 is 0 Å². The average molecular weight is 209 g/mol. The van der Waals surface area contributed by atoms with Crippen LogP contribution in [0.2, 0.25) is 0 Å². The van der Waals surface area contributed by atoms with E-state index in [0.29, 0.717) is 6.04 Å². The number of nitrogens with one attached hydrogen (secondary N) is 1. The predicted molar refractivity (Wildman–Crippen MR) is 64.1 cm³/mol. The molecule has 1 aromatic heterocycles. The van der Waals surface area contributed by atoms with Gasteiger partial charge in [-0.05, 0) is 19.9 Å². The van der Waals surface area contributed by atoms with Crippen LogP contribution in [0.1, 0.15) is 45.5 Å². The molecule has 0 aliphatic carbocycles. The van der Waals surface area contributed by atoms with Gasteiger partial charge in [0.2, 0.25) is 0 Å². The maximum absolute atomic E-state index is 4.34. The van der Waals surface area contributed by atoms with Gasteiger partial charge in [0.25, 0.3) is 0 Å². The molecule has 0 spiro atoms. The largest absolute Gasteiger partial charge is 0.331 e. The molecule has 1 heterocycles. The normalized spacial score (nSPS) is 13.0. The molecule has 1 aromatic rings. The zero-order valence-electron chi connectivity index (χ0n) is 10.2. The van der Waals surface area contributed by atoms with Crippen molar-refractivity contribution in [1.82, 2.24) is 14.9 Å². The molecule has 0 amide bonds. The van der Waals surface area contributed by atoms with Gasteiger partial charge in [-0.25, -0.2) is 4.98 Å². The second kappa shape index (κ2) is 6.62. The molecule has 1 N–H and O–H groups in total. The van der Waals surface area contributed by atoms with Crippen LogP contribution in [0.5, 0.6) is 0 Å². The van der Waals surface area contributed by atoms with Crippen LogP contribution in [-0.4, -0.2) is 22.6 Å². The van der Waals surface area contributed by atoms with E-state index < -0.39 is 0 Å². The Morgan fingerprint density at radius 1 is 1.47 bits per heavy atom. The average Bonchev–Trinajstić information content (AvgIpc) is 2.72. The molecule has 1 rings (SSSR count). The Hall–Kier alpha value is -0.830. The molecule has 0 aliphatic heterocycles. The standard InChI is InChI=1S/C12H23N3/c1-4-6-7-13-10-11(3)15-9-8-14-12(15)5-2/h8-9,11,13H,4-7,10H2,1-3H3. The van der Waals surface area contributed by atoms with Gasteiger partial charge in [0.15, 0.2) is 0 Å². The molecule has 0 saturated heterocycles. The minimum atomic E-state index is 0.499. The lowest BCUT2D eigenvalue weighted by molar-refractivity contribution is 0.475. The Morgan fingerprint density at radius 2 is 2.27 bits per heavy atom. The Balaban J connectivity index is 2.36. The Labute approximate surface area is 92.9 Å². The van der Waals surface area contributed by atoms with E-state index in [1.165, 1.54) is 18.7 Å². The Bertz CT molecular complexity index is 268. The van der Waals surface area contributed by atoms with E-state index in [-0.39, 0.29) is 0 Å². The summed E-state index contributed by atoms with van der Waals surface area (Å²) in [4.78, 5) is 4.34. The summed E-state index contributed by atoms with van der Waals surface area (Å²) in [5, 5.41) is 3.48. The monoisotopic (exact) mass is 209 g/mol. The number of aryl methyl sites for hydroxylation is 1. The lowest BCUT2D eigenvalue weighted by atomic mass is 10.3. The van der Waals surface area contributed by atoms with Gasteiger partial charge in [0.1, 0.15) is 5.82 Å². The first-order valence-electron chi connectivity index (χ1n) is 6.02. The van der Waals surface area contributed by atoms with Gasteiger partial charge in [-0.15, -0.1) is 0 Å². The van der Waals surface area contributed by atoms with Crippen LogP contribution in [-0.2, 0) is 6.42 Å². The summed E-state index contributed by atoms with van der Waals surface area (Å²) in [5.41, 5.74) is 0. The minimum absolute atomic E-state index is 0.499. The fourth-order valence-electron chi connectivity index (χ4n) is 1.73. The SMILES string of the molecule is CCCCNCC(C)n1ccnc1CC. The van der Waals surface area contributed by atoms with Crippen molar-refractivity contribution in [2.45, 2.75) is 46.1 Å². The zero-order valence-corrected chi connectivity index (χ0v) is 10.2. The Kier molecular flexibility index (Phi) is 5.40. The van der Waals surface area contributed by atoms with Crippen LogP contribution < -0.4 is 5.32 Å². The van der Waals surface area contributed by atoms with Gasteiger partial charge in [-0.3, -0.25) is 0 Å². The molecule has 3 nitrogen and oxygen atoms in total. The van der Waals surface area contributed by atoms with Crippen LogP contribution in [0.15, 0.2) is 12.4 Å². The first-order chi connectivity index (χ1) is 7.29. The van der Waals surface area contributed by atoms with E-state index in [1.807, 2.05) is 6.20 Å². The van der Waals surface area contributed by atoms with Crippen molar-refractivity contribution in [3.63, 3.8) is 0 Å². The molecule has 1 unspecified atom stereocenters. The molecule has 0 radical (unpaired) electrons. The molecule has 0 saturated carbocycles. The number of nitrogens with zero attached hydrogens (tertiary/aromatic N) is 2. The summed E-state index contributed by atoms with van der Waals surface area (Å²) in [6.45, 7) is 8.76. The van der Waals surface area contributed by atoms with Crippen LogP contribution in [0, 0.1) is 0 Å². The number of aromatic nitrogens is 2. The number of rotatable bonds is 7. The van der Waals surface area contributed by atoms with E-state index in [2.05, 4.69) is 41.8 Å². The molecule has 0 aliphatic rings. The Morgan fingerprint density at radius 3 is 2.93 bits per heavy atom. The molecule has 0 aromatic carbocycles. The molecular weight excluding hydrogens is 186 g/mol. The molecule has 1 atom stereocenters. The smallest absolute Gasteiger partial charge is 0.108 e. The number of hydrogen-bond acceptors (Lipinski definition) is 2. The van der Waals surface area contributed by atoms with Crippen molar-refractivity contribution in [1.29, 1.82) is 0 Å². The summed E-state index contributed by atoms with van der Waals surface area (Å²) in [6.07, 6.45) is 7.49. The minimum Gasteiger partial charge on any atom is -0.331 e. The molecule has 86 valence electrons. The van der Waals surface area contributed by atoms with Crippen LogP contribution in [0.4, 0.5) is 0 Å². The molecule has 15 heavy (non-hydrogen) atoms. The third kappa shape index (κ3) is 3.67. The fourth-order valence-corrected chi connectivity index (χ4v) is 1.73. The van der Waals surface area contributed by atoms with Crippen molar-refractivity contribution in [2.75, 3.05) is 13.1 Å². The lowest BCUT2D eigenvalue weighted by Crippen LogP contribution is -2.25. The highest BCUT2D eigenvalue weighted by molar-refractivity contribution is 4.94. The van der Waals surface area contributed by atoms with Crippen molar-refractivity contribution in [3.8, 4) is 0 Å². The first kappa shape index (κ1) is 12.2. The van der Waals surface area contributed by atoms with Gasteiger partial charge in [-0.2, -0.15) is 0 Å². The summed E-state index contributed by atoms with van der Waals surface area (Å²) < 4.78 is 2.26. The van der Waals surface area contributed by atoms with Gasteiger partial charge in [-0.1, -0.05) is 20.3 Å². The third-order valence-electron chi connectivity index (χ3n) is 2.69. The summed E-state index contributed by atoms with van der Waals surface area (Å²) in [5.74, 6) is 1.18. The van der Waals surface area contributed by atoms with Gasteiger partial charge >= 0.3 is 0 Å². The molecular formula is C12H23N3. The zero-order chi connectivity index (χ0) is 11.1. The molecule has 0 bridgehead atoms. The fraction of sp³-hybridized carbons (Fsp3) is 0.750. The maximum Gasteiger partial charge on any atom is 0.108 e. The highest BCUT2D eigenvalue weighted by Crippen LogP contribution is 2.08. The number of hydrogen-bond donors (Lipinski definition) is 1. The van der Waals surface area contributed by atoms with E-state index in [4.69, 9.17) is 0 Å². The van der Waals surface area contributed by atoms with Gasteiger partial charge in [0.05, 0.1) is 0 Å². The lowest BCUT2D eigenvalue weighted by Gasteiger charge is -2.16. The van der Waals surface area contributed by atoms with E-state index in [0.717, 1.165) is 19.5 Å². The third-order valence-corrected chi connectivity index (χ3v) is 2.69. The van der Waals surface area contributed by atoms with Crippen molar-refractivity contribution >= 4 is 0 Å². The van der Waals surface area contributed by atoms with Gasteiger partial charge in [0, 0.05) is 31.4 Å². The summed E-state index contributed by atoms with van der Waals surface area (Å²) >= 11 is 0. The van der Waals surface area contributed by atoms with Crippen molar-refractivity contribution in [3.05, 3.63) is 18.2 Å².